The number of rotatable bonds is 5. The molecule has 3 N–H and O–H groups in total. The Kier molecular flexibility index (Phi) is 12.2. The molecule has 2 aliphatic carbocycles. The first-order valence-corrected chi connectivity index (χ1v) is 24.7. The highest BCUT2D eigenvalue weighted by molar-refractivity contribution is 6.31. The second kappa shape index (κ2) is 18.0. The molecule has 0 radical (unpaired) electrons. The highest BCUT2D eigenvalue weighted by Gasteiger charge is 2.72. The van der Waals surface area contributed by atoms with Crippen molar-refractivity contribution in [3.05, 3.63) is 98.3 Å². The van der Waals surface area contributed by atoms with Crippen molar-refractivity contribution < 1.29 is 33.2 Å². The first kappa shape index (κ1) is 45.5. The third-order valence-corrected chi connectivity index (χ3v) is 17.0. The Morgan fingerprint density at radius 1 is 0.881 bits per heavy atom. The van der Waals surface area contributed by atoms with Crippen molar-refractivity contribution in [1.29, 1.82) is 0 Å². The van der Waals surface area contributed by atoms with Crippen LogP contribution >= 0.6 is 23.2 Å². The summed E-state index contributed by atoms with van der Waals surface area (Å²) in [5, 5.41) is 9.31. The molecule has 3 aromatic carbocycles. The van der Waals surface area contributed by atoms with Crippen LogP contribution in [0.1, 0.15) is 122 Å². The quantitative estimate of drug-likeness (QED) is 0.182. The van der Waals surface area contributed by atoms with Gasteiger partial charge in [-0.2, -0.15) is 0 Å². The lowest BCUT2D eigenvalue weighted by molar-refractivity contribution is -0.138. The molecule has 10 rings (SSSR count). The van der Waals surface area contributed by atoms with Gasteiger partial charge in [0.15, 0.2) is 0 Å². The Hall–Kier alpha value is -5.29. The van der Waals surface area contributed by atoms with E-state index in [2.05, 4.69) is 32.7 Å². The smallest absolute Gasteiger partial charge is 0.255 e. The maximum atomic E-state index is 16.5. The Balaban J connectivity index is 0.797. The van der Waals surface area contributed by atoms with Crippen molar-refractivity contribution in [3.63, 3.8) is 0 Å². The number of nitrogens with zero attached hydrogens (tertiary/aromatic N) is 3. The van der Waals surface area contributed by atoms with E-state index in [1.807, 2.05) is 24.1 Å². The lowest BCUT2D eigenvalue weighted by atomic mass is 9.54. The second-order valence-corrected chi connectivity index (χ2v) is 20.7. The summed E-state index contributed by atoms with van der Waals surface area (Å²) < 4.78 is 16.5. The van der Waals surface area contributed by atoms with Crippen LogP contribution in [0.4, 0.5) is 10.1 Å². The van der Waals surface area contributed by atoms with Gasteiger partial charge in [-0.1, -0.05) is 78.6 Å². The molecule has 6 amide bonds. The van der Waals surface area contributed by atoms with Gasteiger partial charge in [0.05, 0.1) is 16.5 Å². The molecule has 0 bridgehead atoms. The first-order valence-electron chi connectivity index (χ1n) is 23.9. The van der Waals surface area contributed by atoms with E-state index in [-0.39, 0.29) is 71.0 Å². The molecule has 1 unspecified atom stereocenters. The van der Waals surface area contributed by atoms with Crippen LogP contribution in [0, 0.1) is 34.9 Å². The average Bonchev–Trinajstić information content (AvgIpc) is 3.76. The third-order valence-electron chi connectivity index (χ3n) is 16.5. The topological polar surface area (TPSA) is 148 Å². The van der Waals surface area contributed by atoms with Crippen LogP contribution in [0.2, 0.25) is 10.0 Å². The lowest BCUT2D eigenvalue weighted by Gasteiger charge is -2.53. The van der Waals surface area contributed by atoms with Crippen LogP contribution < -0.4 is 16.0 Å². The van der Waals surface area contributed by atoms with E-state index in [9.17, 15) is 28.8 Å². The highest BCUT2D eigenvalue weighted by atomic mass is 35.5. The number of likely N-dealkylation sites (N-methyl/N-ethyl adjacent to an activating group) is 1. The molecule has 12 nitrogen and oxygen atoms in total. The number of hydrogen-bond donors (Lipinski definition) is 3. The number of likely N-dealkylation sites (tertiary alicyclic amines) is 2. The van der Waals surface area contributed by atoms with Gasteiger partial charge in [0.2, 0.25) is 29.5 Å². The van der Waals surface area contributed by atoms with Crippen molar-refractivity contribution in [2.45, 2.75) is 126 Å². The van der Waals surface area contributed by atoms with Gasteiger partial charge in [-0.15, -0.1) is 0 Å². The number of fused-ring (bicyclic) bond motifs is 3. The summed E-state index contributed by atoms with van der Waals surface area (Å²) in [5.74, 6) is 3.81. The highest BCUT2D eigenvalue weighted by Crippen LogP contribution is 2.65. The molecule has 4 atom stereocenters. The van der Waals surface area contributed by atoms with Crippen LogP contribution in [0.5, 0.6) is 0 Å². The predicted molar refractivity (Wildman–Crippen MR) is 250 cm³/mol. The van der Waals surface area contributed by atoms with E-state index >= 15 is 4.39 Å². The molecule has 350 valence electrons. The summed E-state index contributed by atoms with van der Waals surface area (Å²) in [6, 6.07) is 14.0. The number of anilines is 1. The molecule has 5 heterocycles. The zero-order chi connectivity index (χ0) is 46.8. The Morgan fingerprint density at radius 2 is 1.63 bits per heavy atom. The van der Waals surface area contributed by atoms with E-state index in [0.29, 0.717) is 80.7 Å². The van der Waals surface area contributed by atoms with Gasteiger partial charge in [-0.3, -0.25) is 39.0 Å². The standard InChI is InChI=1S/C52H55Cl2FN6O6/c1-59-45(43(37-9-6-10-39(54)44(37)55)52(51(59)23-3-2-4-24-51)28-33-13-16-34(53)27-40(33)57-50(52)67)47(64)56-35-17-14-32(15-18-35)48(65)60-25-21-30(22-26-60)11-12-31-7-5-8-36-38(31)29-61(49(36)66)41-19-20-42(62)58-46(41)63/h5-10,13,16,27,30,32,35,41,43,45H,2-4,14-15,17-26,28-29H2,1H3,(H,56,64)(H,57,67)(H,58,62,63)/t32-,35-,41?,43-,45+,52+/m0/s1. The largest absolute Gasteiger partial charge is 0.352 e. The van der Waals surface area contributed by atoms with Gasteiger partial charge in [0.25, 0.3) is 5.91 Å². The molecule has 15 heteroatoms. The number of benzene rings is 3. The molecule has 2 saturated carbocycles. The van der Waals surface area contributed by atoms with Crippen LogP contribution in [0.15, 0.2) is 54.6 Å². The minimum Gasteiger partial charge on any atom is -0.352 e. The van der Waals surface area contributed by atoms with Crippen molar-refractivity contribution in [3.8, 4) is 11.8 Å². The summed E-state index contributed by atoms with van der Waals surface area (Å²) in [5.41, 5.74) is 1.93. The number of imide groups is 1. The summed E-state index contributed by atoms with van der Waals surface area (Å²) in [7, 11) is 1.93. The molecule has 3 aromatic rings. The zero-order valence-electron chi connectivity index (χ0n) is 37.6. The molecule has 7 aliphatic rings. The van der Waals surface area contributed by atoms with E-state index < -0.39 is 40.7 Å². The number of amides is 6. The Labute approximate surface area is 400 Å². The maximum Gasteiger partial charge on any atom is 0.255 e. The fourth-order valence-corrected chi connectivity index (χ4v) is 13.4. The van der Waals surface area contributed by atoms with Crippen molar-refractivity contribution >= 4 is 64.3 Å². The summed E-state index contributed by atoms with van der Waals surface area (Å²) in [4.78, 5) is 87.0. The fourth-order valence-electron chi connectivity index (χ4n) is 13.0. The number of nitrogens with one attached hydrogen (secondary N) is 3. The Bertz CT molecular complexity index is 2630. The minimum absolute atomic E-state index is 0.0574. The molecule has 0 aromatic heterocycles. The molecule has 67 heavy (non-hydrogen) atoms. The minimum atomic E-state index is -1.19. The van der Waals surface area contributed by atoms with E-state index in [1.54, 1.807) is 36.4 Å². The van der Waals surface area contributed by atoms with Crippen LogP contribution in [-0.2, 0) is 36.9 Å². The SMILES string of the molecule is CN1[C@@H](C(=O)N[C@H]2CC[C@H](C(=O)N3CCC(C#Cc4cccc5c4CN(C4CCC(=O)NC4=O)C5=O)CC3)CC2)[C@H](c2cccc(Cl)c2F)[C@@]2(Cc3ccc(Cl)cc3NC2=O)C12CCCCC2. The third kappa shape index (κ3) is 7.81. The van der Waals surface area contributed by atoms with Gasteiger partial charge in [0.1, 0.15) is 11.9 Å². The second-order valence-electron chi connectivity index (χ2n) is 19.8. The molecular weight excluding hydrogens is 895 g/mol. The van der Waals surface area contributed by atoms with Crippen molar-refractivity contribution in [1.82, 2.24) is 25.3 Å². The molecule has 5 aliphatic heterocycles. The van der Waals surface area contributed by atoms with Gasteiger partial charge in [-0.25, -0.2) is 4.39 Å². The van der Waals surface area contributed by atoms with Crippen LogP contribution in [-0.4, -0.2) is 93.9 Å². The summed E-state index contributed by atoms with van der Waals surface area (Å²) in [6.45, 7) is 1.44. The number of carbonyl (C=O) groups is 6. The van der Waals surface area contributed by atoms with Crippen LogP contribution in [0.25, 0.3) is 0 Å². The normalized spacial score (nSPS) is 28.4. The van der Waals surface area contributed by atoms with E-state index in [1.165, 1.54) is 11.0 Å². The fraction of sp³-hybridized carbons (Fsp3) is 0.500. The van der Waals surface area contributed by atoms with E-state index in [4.69, 9.17) is 23.2 Å². The first-order chi connectivity index (χ1) is 32.3. The number of carbonyl (C=O) groups excluding carboxylic acids is 6. The van der Waals surface area contributed by atoms with Gasteiger partial charge in [0, 0.05) is 77.2 Å². The van der Waals surface area contributed by atoms with Crippen molar-refractivity contribution in [2.24, 2.45) is 17.3 Å². The molecule has 3 saturated heterocycles. The Morgan fingerprint density at radius 3 is 2.37 bits per heavy atom. The van der Waals surface area contributed by atoms with Gasteiger partial charge in [-0.05, 0) is 118 Å². The number of piperidine rings is 2. The molecule has 2 spiro atoms. The zero-order valence-corrected chi connectivity index (χ0v) is 39.1. The number of hydrogen-bond acceptors (Lipinski definition) is 7. The lowest BCUT2D eigenvalue weighted by Crippen LogP contribution is -2.62. The van der Waals surface area contributed by atoms with Crippen molar-refractivity contribution in [2.75, 3.05) is 25.5 Å². The summed E-state index contributed by atoms with van der Waals surface area (Å²) in [6.07, 6.45) is 8.87. The van der Waals surface area contributed by atoms with E-state index in [0.717, 1.165) is 48.8 Å². The molecular formula is C52H55Cl2FN6O6. The molecule has 5 fully saturated rings. The monoisotopic (exact) mass is 948 g/mol. The number of halogens is 3. The van der Waals surface area contributed by atoms with Gasteiger partial charge >= 0.3 is 0 Å². The average molecular weight is 950 g/mol. The maximum absolute atomic E-state index is 16.5. The van der Waals surface area contributed by atoms with Gasteiger partial charge < -0.3 is 20.4 Å². The predicted octanol–water partition coefficient (Wildman–Crippen LogP) is 7.14. The summed E-state index contributed by atoms with van der Waals surface area (Å²) >= 11 is 12.9. The van der Waals surface area contributed by atoms with Crippen LogP contribution in [0.3, 0.4) is 0 Å².